The summed E-state index contributed by atoms with van der Waals surface area (Å²) < 4.78 is 10.9. The lowest BCUT2D eigenvalue weighted by atomic mass is 10.2. The summed E-state index contributed by atoms with van der Waals surface area (Å²) in [5.74, 6) is 0.891. The van der Waals surface area contributed by atoms with Gasteiger partial charge in [-0.2, -0.15) is 0 Å². The van der Waals surface area contributed by atoms with Crippen LogP contribution >= 0.6 is 0 Å². The fourth-order valence-corrected chi connectivity index (χ4v) is 2.52. The lowest BCUT2D eigenvalue weighted by Crippen LogP contribution is -2.42. The zero-order valence-corrected chi connectivity index (χ0v) is 11.9. The van der Waals surface area contributed by atoms with E-state index in [9.17, 15) is 9.00 Å². The van der Waals surface area contributed by atoms with Gasteiger partial charge in [-0.15, -0.1) is 0 Å². The van der Waals surface area contributed by atoms with Gasteiger partial charge in [-0.25, -0.2) is 0 Å². The van der Waals surface area contributed by atoms with Crippen LogP contribution in [0.1, 0.15) is 33.1 Å². The highest BCUT2D eigenvalue weighted by Gasteiger charge is 2.30. The first-order valence-corrected chi connectivity index (χ1v) is 8.10. The van der Waals surface area contributed by atoms with Gasteiger partial charge in [0.15, 0.2) is 0 Å². The molecule has 1 aliphatic carbocycles. The van der Waals surface area contributed by atoms with E-state index in [2.05, 4.69) is 5.32 Å². The number of nitrogens with one attached hydrogen (secondary N) is 1. The minimum Gasteiger partial charge on any atom is -0.339 e. The third-order valence-corrected chi connectivity index (χ3v) is 3.90. The van der Waals surface area contributed by atoms with E-state index in [1.54, 1.807) is 6.26 Å². The quantitative estimate of drug-likeness (QED) is 0.700. The Morgan fingerprint density at radius 1 is 1.53 bits per heavy atom. The highest BCUT2D eigenvalue weighted by atomic mass is 32.2. The largest absolute Gasteiger partial charge is 0.339 e. The molecule has 100 valence electrons. The summed E-state index contributed by atoms with van der Waals surface area (Å²) in [4.78, 5) is 13.9. The van der Waals surface area contributed by atoms with E-state index >= 15 is 0 Å². The molecule has 0 aromatic rings. The summed E-state index contributed by atoms with van der Waals surface area (Å²) in [6.45, 7) is 5.27. The van der Waals surface area contributed by atoms with Crippen LogP contribution in [0.2, 0.25) is 0 Å². The Kier molecular flexibility index (Phi) is 6.12. The van der Waals surface area contributed by atoms with Crippen molar-refractivity contribution in [3.8, 4) is 0 Å². The van der Waals surface area contributed by atoms with Crippen molar-refractivity contribution in [1.82, 2.24) is 10.2 Å². The molecule has 4 nitrogen and oxygen atoms in total. The molecule has 1 amide bonds. The van der Waals surface area contributed by atoms with E-state index in [0.29, 0.717) is 18.3 Å². The summed E-state index contributed by atoms with van der Waals surface area (Å²) in [6, 6.07) is 0.744. The molecule has 0 radical (unpaired) electrons. The van der Waals surface area contributed by atoms with Crippen molar-refractivity contribution in [2.75, 3.05) is 25.1 Å². The molecular formula is C12H24N2O2S. The molecule has 0 aromatic carbocycles. The second-order valence-electron chi connectivity index (χ2n) is 4.76. The van der Waals surface area contributed by atoms with Gasteiger partial charge in [0.25, 0.3) is 0 Å². The van der Waals surface area contributed by atoms with Crippen LogP contribution in [0.4, 0.5) is 0 Å². The fraction of sp³-hybridized carbons (Fsp3) is 0.917. The smallest absolute Gasteiger partial charge is 0.236 e. The minimum absolute atomic E-state index is 0.194. The van der Waals surface area contributed by atoms with Crippen molar-refractivity contribution in [2.45, 2.75) is 45.2 Å². The van der Waals surface area contributed by atoms with Gasteiger partial charge < -0.3 is 10.2 Å². The van der Waals surface area contributed by atoms with Crippen LogP contribution in [0.3, 0.4) is 0 Å². The average Bonchev–Trinajstić information content (AvgIpc) is 3.08. The van der Waals surface area contributed by atoms with Crippen LogP contribution < -0.4 is 5.32 Å². The van der Waals surface area contributed by atoms with Gasteiger partial charge in [0, 0.05) is 41.4 Å². The monoisotopic (exact) mass is 260 g/mol. The summed E-state index contributed by atoms with van der Waals surface area (Å²) in [5.41, 5.74) is 0. The van der Waals surface area contributed by atoms with Crippen LogP contribution in [0.25, 0.3) is 0 Å². The summed E-state index contributed by atoms with van der Waals surface area (Å²) in [6.07, 6.45) is 4.88. The Hall–Kier alpha value is -0.420. The molecule has 0 aromatic heterocycles. The lowest BCUT2D eigenvalue weighted by molar-refractivity contribution is -0.130. The zero-order chi connectivity index (χ0) is 12.8. The molecule has 17 heavy (non-hydrogen) atoms. The van der Waals surface area contributed by atoms with Gasteiger partial charge in [0.2, 0.25) is 5.91 Å². The second-order valence-corrected chi connectivity index (χ2v) is 6.31. The van der Waals surface area contributed by atoms with Crippen LogP contribution in [-0.2, 0) is 15.6 Å². The molecule has 0 saturated heterocycles. The van der Waals surface area contributed by atoms with Gasteiger partial charge in [0.1, 0.15) is 0 Å². The van der Waals surface area contributed by atoms with Crippen molar-refractivity contribution in [2.24, 2.45) is 0 Å². The highest BCUT2D eigenvalue weighted by molar-refractivity contribution is 7.84. The molecule has 2 unspecified atom stereocenters. The van der Waals surface area contributed by atoms with E-state index in [4.69, 9.17) is 0 Å². The van der Waals surface area contributed by atoms with Gasteiger partial charge in [-0.05, 0) is 33.1 Å². The third-order valence-electron chi connectivity index (χ3n) is 3.09. The molecule has 0 heterocycles. The Labute approximate surface area is 107 Å². The van der Waals surface area contributed by atoms with Crippen LogP contribution in [0.15, 0.2) is 0 Å². The van der Waals surface area contributed by atoms with E-state index in [-0.39, 0.29) is 11.9 Å². The number of amides is 1. The topological polar surface area (TPSA) is 49.4 Å². The van der Waals surface area contributed by atoms with E-state index in [0.717, 1.165) is 25.8 Å². The SMILES string of the molecule is CCN(C(=O)CNC(C)CCS(C)=O)C1CC1. The van der Waals surface area contributed by atoms with Crippen molar-refractivity contribution in [3.63, 3.8) is 0 Å². The van der Waals surface area contributed by atoms with Crippen molar-refractivity contribution >= 4 is 16.7 Å². The number of carbonyl (C=O) groups excluding carboxylic acids is 1. The first-order valence-electron chi connectivity index (χ1n) is 6.37. The predicted molar refractivity (Wildman–Crippen MR) is 71.4 cm³/mol. The maximum absolute atomic E-state index is 11.9. The van der Waals surface area contributed by atoms with Crippen LogP contribution in [0.5, 0.6) is 0 Å². The zero-order valence-electron chi connectivity index (χ0n) is 11.1. The lowest BCUT2D eigenvalue weighted by Gasteiger charge is -2.22. The minimum atomic E-state index is -0.743. The molecule has 0 bridgehead atoms. The van der Waals surface area contributed by atoms with E-state index in [1.807, 2.05) is 18.7 Å². The third kappa shape index (κ3) is 5.64. The molecule has 2 atom stereocenters. The Bertz CT molecular complexity index is 280. The summed E-state index contributed by atoms with van der Waals surface area (Å²) >= 11 is 0. The fourth-order valence-electron chi connectivity index (χ4n) is 1.83. The first-order chi connectivity index (χ1) is 8.04. The van der Waals surface area contributed by atoms with Gasteiger partial charge in [-0.1, -0.05) is 0 Å². The first kappa shape index (κ1) is 14.6. The molecule has 0 spiro atoms. The molecule has 1 fully saturated rings. The molecule has 0 aliphatic heterocycles. The Morgan fingerprint density at radius 2 is 2.18 bits per heavy atom. The van der Waals surface area contributed by atoms with E-state index < -0.39 is 10.8 Å². The standard InChI is InChI=1S/C12H24N2O2S/c1-4-14(11-5-6-11)12(15)9-13-10(2)7-8-17(3)16/h10-11,13H,4-9H2,1-3H3. The maximum atomic E-state index is 11.9. The van der Waals surface area contributed by atoms with E-state index in [1.165, 1.54) is 0 Å². The van der Waals surface area contributed by atoms with Crippen molar-refractivity contribution in [1.29, 1.82) is 0 Å². The molecule has 1 aliphatic rings. The second kappa shape index (κ2) is 7.11. The van der Waals surface area contributed by atoms with Gasteiger partial charge in [0.05, 0.1) is 6.54 Å². The van der Waals surface area contributed by atoms with Crippen LogP contribution in [-0.4, -0.2) is 52.2 Å². The number of carbonyl (C=O) groups is 1. The number of hydrogen-bond donors (Lipinski definition) is 1. The summed E-state index contributed by atoms with van der Waals surface area (Å²) in [7, 11) is -0.743. The van der Waals surface area contributed by atoms with Crippen molar-refractivity contribution < 1.29 is 9.00 Å². The number of hydrogen-bond acceptors (Lipinski definition) is 3. The number of rotatable bonds is 8. The van der Waals surface area contributed by atoms with Crippen LogP contribution in [0, 0.1) is 0 Å². The highest BCUT2D eigenvalue weighted by Crippen LogP contribution is 2.26. The molecule has 1 saturated carbocycles. The maximum Gasteiger partial charge on any atom is 0.236 e. The molecular weight excluding hydrogens is 236 g/mol. The van der Waals surface area contributed by atoms with Gasteiger partial charge >= 0.3 is 0 Å². The normalized spacial score (nSPS) is 18.8. The Balaban J connectivity index is 2.19. The molecule has 1 rings (SSSR count). The number of likely N-dealkylation sites (N-methyl/N-ethyl adjacent to an activating group) is 1. The predicted octanol–water partition coefficient (Wildman–Crippen LogP) is 0.744. The molecule has 5 heteroatoms. The van der Waals surface area contributed by atoms with Gasteiger partial charge in [-0.3, -0.25) is 9.00 Å². The summed E-state index contributed by atoms with van der Waals surface area (Å²) in [5, 5.41) is 3.21. The van der Waals surface area contributed by atoms with Crippen molar-refractivity contribution in [3.05, 3.63) is 0 Å². The number of nitrogens with zero attached hydrogens (tertiary/aromatic N) is 1. The molecule has 1 N–H and O–H groups in total. The Morgan fingerprint density at radius 3 is 2.65 bits per heavy atom. The average molecular weight is 260 g/mol.